The van der Waals surface area contributed by atoms with E-state index in [0.29, 0.717) is 12.2 Å². The molecule has 0 aliphatic carbocycles. The molecule has 156 valence electrons. The third kappa shape index (κ3) is 3.98. The summed E-state index contributed by atoms with van der Waals surface area (Å²) in [5.74, 6) is -1.50. The van der Waals surface area contributed by atoms with Crippen LogP contribution in [0.1, 0.15) is 15.9 Å². The molecule has 0 unspecified atom stereocenters. The van der Waals surface area contributed by atoms with Gasteiger partial charge in [-0.25, -0.2) is 9.07 Å². The number of carbonyl (C=O) groups excluding carboxylic acids is 1. The molecule has 1 aromatic heterocycles. The molecule has 1 heterocycles. The molecule has 2 N–H and O–H groups in total. The standard InChI is InChI=1S/C24H20FN3O3/c1-27(15-16-7-3-2-4-8-16)24(31)18-13-17(22(29)14-23(18)30)20-11-12-26-28(20)21-10-6-5-9-19(21)25/h2-14,29-30H,15H2,1H3. The second-order valence-corrected chi connectivity index (χ2v) is 7.11. The minimum absolute atomic E-state index is 0.0208. The van der Waals surface area contributed by atoms with Crippen molar-refractivity contribution in [3.05, 3.63) is 95.9 Å². The average Bonchev–Trinajstić information content (AvgIpc) is 3.23. The molecule has 0 saturated carbocycles. The number of benzene rings is 3. The number of carbonyl (C=O) groups is 1. The second kappa shape index (κ2) is 8.31. The molecule has 1 amide bonds. The lowest BCUT2D eigenvalue weighted by atomic mass is 10.0. The van der Waals surface area contributed by atoms with Crippen LogP contribution in [-0.4, -0.2) is 37.8 Å². The van der Waals surface area contributed by atoms with Gasteiger partial charge in [-0.2, -0.15) is 5.10 Å². The normalized spacial score (nSPS) is 10.8. The highest BCUT2D eigenvalue weighted by molar-refractivity contribution is 5.98. The fourth-order valence-electron chi connectivity index (χ4n) is 3.41. The number of nitrogens with zero attached hydrogens (tertiary/aromatic N) is 3. The lowest BCUT2D eigenvalue weighted by Gasteiger charge is -2.19. The van der Waals surface area contributed by atoms with Gasteiger partial charge < -0.3 is 15.1 Å². The zero-order valence-corrected chi connectivity index (χ0v) is 16.7. The number of phenolic OH excluding ortho intramolecular Hbond substituents is 2. The first-order chi connectivity index (χ1) is 15.0. The number of amides is 1. The lowest BCUT2D eigenvalue weighted by Crippen LogP contribution is -2.26. The van der Waals surface area contributed by atoms with Gasteiger partial charge in [0.25, 0.3) is 5.91 Å². The molecular weight excluding hydrogens is 397 g/mol. The van der Waals surface area contributed by atoms with Gasteiger partial charge in [0, 0.05) is 25.2 Å². The van der Waals surface area contributed by atoms with Gasteiger partial charge >= 0.3 is 0 Å². The van der Waals surface area contributed by atoms with Crippen molar-refractivity contribution in [1.29, 1.82) is 0 Å². The van der Waals surface area contributed by atoms with Crippen molar-refractivity contribution in [3.8, 4) is 28.4 Å². The molecule has 0 aliphatic heterocycles. The highest BCUT2D eigenvalue weighted by Gasteiger charge is 2.22. The quantitative estimate of drug-likeness (QED) is 0.506. The number of phenols is 2. The number of hydrogen-bond acceptors (Lipinski definition) is 4. The third-order valence-electron chi connectivity index (χ3n) is 4.95. The van der Waals surface area contributed by atoms with Crippen LogP contribution in [0.5, 0.6) is 11.5 Å². The number of aromatic hydroxyl groups is 2. The monoisotopic (exact) mass is 417 g/mol. The topological polar surface area (TPSA) is 78.6 Å². The molecule has 0 aliphatic rings. The maximum Gasteiger partial charge on any atom is 0.257 e. The van der Waals surface area contributed by atoms with Gasteiger partial charge in [-0.05, 0) is 29.8 Å². The molecule has 6 nitrogen and oxygen atoms in total. The fourth-order valence-corrected chi connectivity index (χ4v) is 3.41. The van der Waals surface area contributed by atoms with E-state index in [-0.39, 0.29) is 28.3 Å². The van der Waals surface area contributed by atoms with Crippen molar-refractivity contribution in [2.24, 2.45) is 0 Å². The zero-order valence-electron chi connectivity index (χ0n) is 16.7. The Hall–Kier alpha value is -4.13. The van der Waals surface area contributed by atoms with Crippen LogP contribution in [0.3, 0.4) is 0 Å². The number of aromatic nitrogens is 2. The zero-order chi connectivity index (χ0) is 22.0. The summed E-state index contributed by atoms with van der Waals surface area (Å²) in [4.78, 5) is 14.5. The van der Waals surface area contributed by atoms with Gasteiger partial charge in [0.1, 0.15) is 23.0 Å². The Labute approximate surface area is 178 Å². The van der Waals surface area contributed by atoms with Crippen LogP contribution >= 0.6 is 0 Å². The van der Waals surface area contributed by atoms with E-state index in [4.69, 9.17) is 0 Å². The fraction of sp³-hybridized carbons (Fsp3) is 0.0833. The Bertz CT molecular complexity index is 1240. The minimum Gasteiger partial charge on any atom is -0.507 e. The summed E-state index contributed by atoms with van der Waals surface area (Å²) in [5.41, 5.74) is 1.78. The summed E-state index contributed by atoms with van der Waals surface area (Å²) in [5, 5.41) is 25.0. The van der Waals surface area contributed by atoms with Crippen LogP contribution in [0, 0.1) is 5.82 Å². The summed E-state index contributed by atoms with van der Waals surface area (Å²) in [7, 11) is 1.63. The van der Waals surface area contributed by atoms with Crippen molar-refractivity contribution >= 4 is 5.91 Å². The summed E-state index contributed by atoms with van der Waals surface area (Å²) < 4.78 is 15.6. The van der Waals surface area contributed by atoms with E-state index < -0.39 is 11.7 Å². The first kappa shape index (κ1) is 20.2. The highest BCUT2D eigenvalue weighted by atomic mass is 19.1. The van der Waals surface area contributed by atoms with Crippen molar-refractivity contribution in [2.75, 3.05) is 7.05 Å². The molecular formula is C24H20FN3O3. The Morgan fingerprint density at radius 1 is 1.00 bits per heavy atom. The van der Waals surface area contributed by atoms with E-state index >= 15 is 0 Å². The van der Waals surface area contributed by atoms with Crippen molar-refractivity contribution < 1.29 is 19.4 Å². The average molecular weight is 417 g/mol. The lowest BCUT2D eigenvalue weighted by molar-refractivity contribution is 0.0782. The predicted octanol–water partition coefficient (Wildman–Crippen LogP) is 4.36. The van der Waals surface area contributed by atoms with Crippen LogP contribution in [-0.2, 0) is 6.54 Å². The Kier molecular flexibility index (Phi) is 5.41. The van der Waals surface area contributed by atoms with Gasteiger partial charge in [0.15, 0.2) is 0 Å². The highest BCUT2D eigenvalue weighted by Crippen LogP contribution is 2.36. The molecule has 4 aromatic rings. The molecule has 4 rings (SSSR count). The first-order valence-corrected chi connectivity index (χ1v) is 9.60. The van der Waals surface area contributed by atoms with Crippen molar-refractivity contribution in [3.63, 3.8) is 0 Å². The van der Waals surface area contributed by atoms with Crippen molar-refractivity contribution in [1.82, 2.24) is 14.7 Å². The summed E-state index contributed by atoms with van der Waals surface area (Å²) >= 11 is 0. The maximum absolute atomic E-state index is 14.3. The van der Waals surface area contributed by atoms with E-state index in [9.17, 15) is 19.4 Å². The maximum atomic E-state index is 14.3. The second-order valence-electron chi connectivity index (χ2n) is 7.11. The van der Waals surface area contributed by atoms with E-state index in [1.807, 2.05) is 30.3 Å². The van der Waals surface area contributed by atoms with Gasteiger partial charge in [0.2, 0.25) is 0 Å². The van der Waals surface area contributed by atoms with Crippen LogP contribution in [0.2, 0.25) is 0 Å². The van der Waals surface area contributed by atoms with Gasteiger partial charge in [-0.3, -0.25) is 4.79 Å². The van der Waals surface area contributed by atoms with E-state index in [0.717, 1.165) is 11.6 Å². The molecule has 0 fully saturated rings. The Balaban J connectivity index is 1.72. The predicted molar refractivity (Wildman–Crippen MR) is 115 cm³/mol. The summed E-state index contributed by atoms with van der Waals surface area (Å²) in [6, 6.07) is 19.7. The summed E-state index contributed by atoms with van der Waals surface area (Å²) in [6.07, 6.45) is 1.47. The van der Waals surface area contributed by atoms with Crippen LogP contribution in [0.4, 0.5) is 4.39 Å². The molecule has 0 atom stereocenters. The number of hydrogen-bond donors (Lipinski definition) is 2. The Morgan fingerprint density at radius 3 is 2.45 bits per heavy atom. The molecule has 0 saturated heterocycles. The molecule has 0 radical (unpaired) electrons. The van der Waals surface area contributed by atoms with E-state index in [1.165, 1.54) is 27.9 Å². The van der Waals surface area contributed by atoms with E-state index in [2.05, 4.69) is 5.10 Å². The first-order valence-electron chi connectivity index (χ1n) is 9.60. The number of rotatable bonds is 5. The number of halogens is 1. The molecule has 0 spiro atoms. The largest absolute Gasteiger partial charge is 0.507 e. The van der Waals surface area contributed by atoms with Crippen LogP contribution in [0.25, 0.3) is 16.9 Å². The molecule has 3 aromatic carbocycles. The molecule has 7 heteroatoms. The molecule has 31 heavy (non-hydrogen) atoms. The number of para-hydroxylation sites is 1. The van der Waals surface area contributed by atoms with Gasteiger partial charge in [0.05, 0.1) is 17.5 Å². The smallest absolute Gasteiger partial charge is 0.257 e. The summed E-state index contributed by atoms with van der Waals surface area (Å²) in [6.45, 7) is 0.350. The molecule has 0 bridgehead atoms. The van der Waals surface area contributed by atoms with Gasteiger partial charge in [-0.15, -0.1) is 0 Å². The Morgan fingerprint density at radius 2 is 1.71 bits per heavy atom. The van der Waals surface area contributed by atoms with Crippen molar-refractivity contribution in [2.45, 2.75) is 6.54 Å². The van der Waals surface area contributed by atoms with Crippen LogP contribution in [0.15, 0.2) is 79.0 Å². The van der Waals surface area contributed by atoms with Gasteiger partial charge in [-0.1, -0.05) is 42.5 Å². The SMILES string of the molecule is CN(Cc1ccccc1)C(=O)c1cc(-c2ccnn2-c2ccccc2F)c(O)cc1O. The van der Waals surface area contributed by atoms with E-state index in [1.54, 1.807) is 31.3 Å². The minimum atomic E-state index is -0.482. The van der Waals surface area contributed by atoms with Crippen LogP contribution < -0.4 is 0 Å². The third-order valence-corrected chi connectivity index (χ3v) is 4.95.